The first-order valence-electron chi connectivity index (χ1n) is 14.2. The normalized spacial score (nSPS) is 11.8. The van der Waals surface area contributed by atoms with E-state index in [-0.39, 0.29) is 16.9 Å². The molecule has 1 unspecified atom stereocenters. The molecule has 1 atom stereocenters. The number of carbonyl (C=O) groups is 3. The van der Waals surface area contributed by atoms with Gasteiger partial charge in [0.15, 0.2) is 0 Å². The van der Waals surface area contributed by atoms with Gasteiger partial charge in [0.25, 0.3) is 11.8 Å². The van der Waals surface area contributed by atoms with Gasteiger partial charge < -0.3 is 20.7 Å². The Balaban J connectivity index is 1.50. The Labute approximate surface area is 267 Å². The fourth-order valence-electron chi connectivity index (χ4n) is 4.16. The predicted molar refractivity (Wildman–Crippen MR) is 179 cm³/mol. The molecular weight excluding hydrogens is 594 g/mol. The van der Waals surface area contributed by atoms with Crippen LogP contribution < -0.4 is 20.7 Å². The molecule has 0 aliphatic carbocycles. The standard InChI is InChI=1S/C35H34ClN3O4S/c1-4-32(35(42)38-27-17-14-23(3)30(36)22-27)44-29-13-9-12-26(21-29)37-34(41)31(39-33(40)25-10-7-6-8-11-25)20-24-15-18-28(19-16-24)43-5-2/h6-22,32H,4-5H2,1-3H3,(H,37,41)(H,38,42)(H,39,40)/b31-20+. The predicted octanol–water partition coefficient (Wildman–Crippen LogP) is 7.97. The van der Waals surface area contributed by atoms with Gasteiger partial charge in [-0.1, -0.05) is 61.0 Å². The van der Waals surface area contributed by atoms with Crippen LogP contribution in [0.5, 0.6) is 5.75 Å². The number of ether oxygens (including phenoxy) is 1. The summed E-state index contributed by atoms with van der Waals surface area (Å²) in [7, 11) is 0. The molecule has 0 bridgehead atoms. The second-order valence-electron chi connectivity index (χ2n) is 9.83. The lowest BCUT2D eigenvalue weighted by Gasteiger charge is -2.16. The molecule has 0 spiro atoms. The third-order valence-corrected chi connectivity index (χ3v) is 8.27. The van der Waals surface area contributed by atoms with Crippen molar-refractivity contribution in [3.8, 4) is 5.75 Å². The van der Waals surface area contributed by atoms with Crippen LogP contribution in [0.3, 0.4) is 0 Å². The molecule has 0 radical (unpaired) electrons. The largest absolute Gasteiger partial charge is 0.494 e. The molecule has 3 N–H and O–H groups in total. The maximum atomic E-state index is 13.5. The van der Waals surface area contributed by atoms with E-state index < -0.39 is 11.8 Å². The van der Waals surface area contributed by atoms with Gasteiger partial charge >= 0.3 is 0 Å². The number of amides is 3. The Hall–Kier alpha value is -4.53. The fraction of sp³-hybridized carbons (Fsp3) is 0.171. The van der Waals surface area contributed by atoms with Crippen LogP contribution in [0.25, 0.3) is 6.08 Å². The Morgan fingerprint density at radius 1 is 0.864 bits per heavy atom. The molecule has 0 aromatic heterocycles. The minimum absolute atomic E-state index is 0.0728. The van der Waals surface area contributed by atoms with Crippen LogP contribution in [0.1, 0.15) is 41.8 Å². The molecular formula is C35H34ClN3O4S. The Morgan fingerprint density at radius 3 is 2.27 bits per heavy atom. The van der Waals surface area contributed by atoms with E-state index in [0.717, 1.165) is 10.5 Å². The van der Waals surface area contributed by atoms with Gasteiger partial charge in [-0.15, -0.1) is 11.8 Å². The first-order chi connectivity index (χ1) is 21.2. The van der Waals surface area contributed by atoms with Crippen LogP contribution in [-0.4, -0.2) is 29.6 Å². The number of thioether (sulfide) groups is 1. The molecule has 226 valence electrons. The molecule has 7 nitrogen and oxygen atoms in total. The molecule has 44 heavy (non-hydrogen) atoms. The van der Waals surface area contributed by atoms with Crippen molar-refractivity contribution in [2.45, 2.75) is 37.3 Å². The van der Waals surface area contributed by atoms with Crippen molar-refractivity contribution in [3.63, 3.8) is 0 Å². The van der Waals surface area contributed by atoms with E-state index in [4.69, 9.17) is 16.3 Å². The fourth-order valence-corrected chi connectivity index (χ4v) is 5.36. The van der Waals surface area contributed by atoms with Crippen LogP contribution in [0.4, 0.5) is 11.4 Å². The van der Waals surface area contributed by atoms with Crippen molar-refractivity contribution in [2.24, 2.45) is 0 Å². The highest BCUT2D eigenvalue weighted by Crippen LogP contribution is 2.29. The maximum Gasteiger partial charge on any atom is 0.272 e. The molecule has 0 aliphatic rings. The van der Waals surface area contributed by atoms with E-state index in [1.165, 1.54) is 11.8 Å². The number of aryl methyl sites for hydroxylation is 1. The van der Waals surface area contributed by atoms with Crippen LogP contribution in [-0.2, 0) is 9.59 Å². The van der Waals surface area contributed by atoms with Crippen LogP contribution >= 0.6 is 23.4 Å². The van der Waals surface area contributed by atoms with E-state index in [2.05, 4.69) is 16.0 Å². The minimum Gasteiger partial charge on any atom is -0.494 e. The molecule has 4 aromatic rings. The quantitative estimate of drug-likeness (QED) is 0.109. The van der Waals surface area contributed by atoms with E-state index in [0.29, 0.717) is 46.3 Å². The number of hydrogen-bond acceptors (Lipinski definition) is 5. The van der Waals surface area contributed by atoms with Crippen molar-refractivity contribution in [1.82, 2.24) is 5.32 Å². The third kappa shape index (κ3) is 9.23. The zero-order valence-corrected chi connectivity index (χ0v) is 26.3. The van der Waals surface area contributed by atoms with Gasteiger partial charge in [0.1, 0.15) is 11.4 Å². The Morgan fingerprint density at radius 2 is 1.59 bits per heavy atom. The van der Waals surface area contributed by atoms with Crippen molar-refractivity contribution in [3.05, 3.63) is 124 Å². The molecule has 4 rings (SSSR count). The lowest BCUT2D eigenvalue weighted by molar-refractivity contribution is -0.116. The average molecular weight is 628 g/mol. The second kappa shape index (κ2) is 15.8. The zero-order chi connectivity index (χ0) is 31.5. The Kier molecular flexibility index (Phi) is 11.6. The SMILES string of the molecule is CCOc1ccc(/C=C(/NC(=O)c2ccccc2)C(=O)Nc2cccc(SC(CC)C(=O)Nc3ccc(C)c(Cl)c3)c2)cc1. The molecule has 3 amide bonds. The summed E-state index contributed by atoms with van der Waals surface area (Å²) in [5, 5.41) is 8.79. The summed E-state index contributed by atoms with van der Waals surface area (Å²) in [5.74, 6) is -0.337. The van der Waals surface area contributed by atoms with Gasteiger partial charge in [-0.05, 0) is 92.1 Å². The smallest absolute Gasteiger partial charge is 0.272 e. The van der Waals surface area contributed by atoms with Gasteiger partial charge in [0.2, 0.25) is 5.91 Å². The van der Waals surface area contributed by atoms with Crippen LogP contribution in [0.15, 0.2) is 108 Å². The van der Waals surface area contributed by atoms with E-state index in [1.807, 2.05) is 57.2 Å². The van der Waals surface area contributed by atoms with Crippen LogP contribution in [0.2, 0.25) is 5.02 Å². The zero-order valence-electron chi connectivity index (χ0n) is 24.7. The monoisotopic (exact) mass is 627 g/mol. The molecule has 0 fully saturated rings. The number of anilines is 2. The van der Waals surface area contributed by atoms with E-state index in [1.54, 1.807) is 66.7 Å². The highest BCUT2D eigenvalue weighted by molar-refractivity contribution is 8.00. The minimum atomic E-state index is -0.494. The van der Waals surface area contributed by atoms with Crippen LogP contribution in [0, 0.1) is 6.92 Å². The summed E-state index contributed by atoms with van der Waals surface area (Å²) < 4.78 is 5.51. The van der Waals surface area contributed by atoms with E-state index >= 15 is 0 Å². The topological polar surface area (TPSA) is 96.5 Å². The van der Waals surface area contributed by atoms with Gasteiger partial charge in [0.05, 0.1) is 11.9 Å². The summed E-state index contributed by atoms with van der Waals surface area (Å²) in [4.78, 5) is 40.3. The summed E-state index contributed by atoms with van der Waals surface area (Å²) >= 11 is 7.62. The lowest BCUT2D eigenvalue weighted by Crippen LogP contribution is -2.30. The first-order valence-corrected chi connectivity index (χ1v) is 15.5. The van der Waals surface area contributed by atoms with Crippen molar-refractivity contribution >= 4 is 58.5 Å². The third-order valence-electron chi connectivity index (χ3n) is 6.50. The molecule has 9 heteroatoms. The van der Waals surface area contributed by atoms with Gasteiger partial charge in [-0.2, -0.15) is 0 Å². The first kappa shape index (κ1) is 32.4. The Bertz CT molecular complexity index is 1640. The number of rotatable bonds is 12. The van der Waals surface area contributed by atoms with Gasteiger partial charge in [0, 0.05) is 26.9 Å². The molecule has 0 aliphatic heterocycles. The van der Waals surface area contributed by atoms with Gasteiger partial charge in [-0.3, -0.25) is 14.4 Å². The molecule has 0 saturated carbocycles. The van der Waals surface area contributed by atoms with Crippen molar-refractivity contribution in [2.75, 3.05) is 17.2 Å². The van der Waals surface area contributed by atoms with Gasteiger partial charge in [-0.25, -0.2) is 0 Å². The lowest BCUT2D eigenvalue weighted by atomic mass is 10.1. The summed E-state index contributed by atoms with van der Waals surface area (Å²) in [6.07, 6.45) is 2.20. The number of halogens is 1. The highest BCUT2D eigenvalue weighted by Gasteiger charge is 2.20. The molecule has 0 heterocycles. The van der Waals surface area contributed by atoms with Crippen molar-refractivity contribution < 1.29 is 19.1 Å². The maximum absolute atomic E-state index is 13.5. The van der Waals surface area contributed by atoms with Crippen molar-refractivity contribution in [1.29, 1.82) is 0 Å². The molecule has 0 saturated heterocycles. The summed E-state index contributed by atoms with van der Waals surface area (Å²) in [6, 6.07) is 28.6. The van der Waals surface area contributed by atoms with E-state index in [9.17, 15) is 14.4 Å². The summed E-state index contributed by atoms with van der Waals surface area (Å²) in [5.41, 5.74) is 3.30. The number of hydrogen-bond donors (Lipinski definition) is 3. The highest BCUT2D eigenvalue weighted by atomic mass is 35.5. The second-order valence-corrected chi connectivity index (χ2v) is 11.5. The number of carbonyl (C=O) groups excluding carboxylic acids is 3. The number of nitrogens with one attached hydrogen (secondary N) is 3. The summed E-state index contributed by atoms with van der Waals surface area (Å²) in [6.45, 7) is 6.29. The average Bonchev–Trinajstić information content (AvgIpc) is 3.03. The molecule has 4 aromatic carbocycles. The number of benzene rings is 4.